The second-order valence-electron chi connectivity index (χ2n) is 6.06. The molecule has 1 N–H and O–H groups in total. The Labute approximate surface area is 133 Å². The molecule has 0 spiro atoms. The van der Waals surface area contributed by atoms with Crippen molar-refractivity contribution >= 4 is 11.4 Å². The molecule has 0 aromatic heterocycles. The fraction of sp³-hybridized carbons (Fsp3) is 0.647. The van der Waals surface area contributed by atoms with E-state index < -0.39 is 6.10 Å². The molecule has 1 saturated heterocycles. The maximum absolute atomic E-state index is 10.2. The molecule has 5 nitrogen and oxygen atoms in total. The Hall–Kier alpha value is -1.30. The Balaban J connectivity index is 1.84. The van der Waals surface area contributed by atoms with E-state index in [1.54, 1.807) is 0 Å². The first-order chi connectivity index (χ1) is 10.6. The lowest BCUT2D eigenvalue weighted by molar-refractivity contribution is -0.0573. The van der Waals surface area contributed by atoms with Gasteiger partial charge in [0, 0.05) is 40.9 Å². The van der Waals surface area contributed by atoms with Gasteiger partial charge in [0.2, 0.25) is 0 Å². The van der Waals surface area contributed by atoms with Crippen LogP contribution in [-0.4, -0.2) is 64.8 Å². The summed E-state index contributed by atoms with van der Waals surface area (Å²) < 4.78 is 11.1. The fourth-order valence-electron chi connectivity index (χ4n) is 2.72. The Morgan fingerprint density at radius 3 is 2.45 bits per heavy atom. The van der Waals surface area contributed by atoms with E-state index in [1.165, 1.54) is 0 Å². The number of para-hydroxylation sites is 2. The van der Waals surface area contributed by atoms with Gasteiger partial charge in [0.05, 0.1) is 30.2 Å². The van der Waals surface area contributed by atoms with Crippen molar-refractivity contribution in [2.75, 3.05) is 57.3 Å². The number of likely N-dealkylation sites (N-methyl/N-ethyl adjacent to an activating group) is 1. The van der Waals surface area contributed by atoms with Gasteiger partial charge < -0.3 is 24.4 Å². The first-order valence-electron chi connectivity index (χ1n) is 7.93. The molecule has 1 aliphatic heterocycles. The van der Waals surface area contributed by atoms with Crippen molar-refractivity contribution in [1.82, 2.24) is 0 Å². The van der Waals surface area contributed by atoms with Crippen LogP contribution in [0, 0.1) is 0 Å². The van der Waals surface area contributed by atoms with Crippen LogP contribution in [0.15, 0.2) is 24.3 Å². The van der Waals surface area contributed by atoms with Crippen LogP contribution in [0.3, 0.4) is 0 Å². The highest BCUT2D eigenvalue weighted by molar-refractivity contribution is 5.70. The van der Waals surface area contributed by atoms with E-state index in [4.69, 9.17) is 9.47 Å². The van der Waals surface area contributed by atoms with Crippen molar-refractivity contribution in [2.24, 2.45) is 0 Å². The molecule has 0 saturated carbocycles. The van der Waals surface area contributed by atoms with Crippen LogP contribution in [0.5, 0.6) is 0 Å². The molecule has 1 aliphatic rings. The molecule has 0 aliphatic carbocycles. The van der Waals surface area contributed by atoms with Crippen LogP contribution in [0.1, 0.15) is 12.8 Å². The molecule has 5 heteroatoms. The summed E-state index contributed by atoms with van der Waals surface area (Å²) in [5, 5.41) is 10.2. The minimum Gasteiger partial charge on any atom is -0.389 e. The molecule has 124 valence electrons. The molecule has 1 atom stereocenters. The highest BCUT2D eigenvalue weighted by Gasteiger charge is 2.17. The smallest absolute Gasteiger partial charge is 0.0948 e. The minimum absolute atomic E-state index is 0.225. The minimum atomic E-state index is -0.497. The molecule has 0 bridgehead atoms. The van der Waals surface area contributed by atoms with Gasteiger partial charge in [-0.15, -0.1) is 0 Å². The largest absolute Gasteiger partial charge is 0.389 e. The summed E-state index contributed by atoms with van der Waals surface area (Å²) in [5.74, 6) is 0. The standard InChI is InChI=1S/C17H28N2O3/c1-18(2)16-6-4-5-7-17(16)19(3)12-14(20)13-22-15-8-10-21-11-9-15/h4-7,14-15,20H,8-13H2,1-3H3. The van der Waals surface area contributed by atoms with Crippen LogP contribution in [0.25, 0.3) is 0 Å². The van der Waals surface area contributed by atoms with Crippen molar-refractivity contribution in [3.8, 4) is 0 Å². The highest BCUT2D eigenvalue weighted by Crippen LogP contribution is 2.26. The van der Waals surface area contributed by atoms with Gasteiger partial charge >= 0.3 is 0 Å². The van der Waals surface area contributed by atoms with Crippen LogP contribution in [-0.2, 0) is 9.47 Å². The second-order valence-corrected chi connectivity index (χ2v) is 6.06. The van der Waals surface area contributed by atoms with Gasteiger partial charge in [0.1, 0.15) is 0 Å². The van der Waals surface area contributed by atoms with Crippen molar-refractivity contribution in [3.05, 3.63) is 24.3 Å². The zero-order chi connectivity index (χ0) is 15.9. The normalized spacial score (nSPS) is 17.3. The van der Waals surface area contributed by atoms with E-state index >= 15 is 0 Å². The van der Waals surface area contributed by atoms with Crippen molar-refractivity contribution in [1.29, 1.82) is 0 Å². The summed E-state index contributed by atoms with van der Waals surface area (Å²) in [5.41, 5.74) is 2.25. The third-order valence-electron chi connectivity index (χ3n) is 3.95. The summed E-state index contributed by atoms with van der Waals surface area (Å²) in [6.07, 6.45) is 1.57. The summed E-state index contributed by atoms with van der Waals surface area (Å²) in [7, 11) is 6.05. The van der Waals surface area contributed by atoms with Gasteiger partial charge in [-0.05, 0) is 25.0 Å². The average molecular weight is 308 g/mol. The molecule has 1 aromatic carbocycles. The molecule has 1 fully saturated rings. The van der Waals surface area contributed by atoms with Crippen LogP contribution in [0.4, 0.5) is 11.4 Å². The number of aliphatic hydroxyl groups excluding tert-OH is 1. The number of benzene rings is 1. The molecular formula is C17H28N2O3. The second kappa shape index (κ2) is 8.36. The van der Waals surface area contributed by atoms with E-state index in [0.29, 0.717) is 13.2 Å². The van der Waals surface area contributed by atoms with Gasteiger partial charge in [-0.2, -0.15) is 0 Å². The van der Waals surface area contributed by atoms with Crippen molar-refractivity contribution in [3.63, 3.8) is 0 Å². The average Bonchev–Trinajstić information content (AvgIpc) is 2.54. The molecule has 0 radical (unpaired) electrons. The highest BCUT2D eigenvalue weighted by atomic mass is 16.5. The zero-order valence-electron chi connectivity index (χ0n) is 13.9. The SMILES string of the molecule is CN(C)c1ccccc1N(C)CC(O)COC1CCOCC1. The monoisotopic (exact) mass is 308 g/mol. The number of nitrogens with zero attached hydrogens (tertiary/aromatic N) is 2. The lowest BCUT2D eigenvalue weighted by Gasteiger charge is -2.28. The van der Waals surface area contributed by atoms with Crippen LogP contribution >= 0.6 is 0 Å². The number of anilines is 2. The van der Waals surface area contributed by atoms with E-state index in [-0.39, 0.29) is 6.10 Å². The molecule has 2 rings (SSSR count). The van der Waals surface area contributed by atoms with Gasteiger partial charge in [-0.1, -0.05) is 12.1 Å². The lowest BCUT2D eigenvalue weighted by Crippen LogP contribution is -2.35. The maximum atomic E-state index is 10.2. The number of hydrogen-bond donors (Lipinski definition) is 1. The van der Waals surface area contributed by atoms with Gasteiger partial charge in [-0.25, -0.2) is 0 Å². The summed E-state index contributed by atoms with van der Waals surface area (Å²) in [4.78, 5) is 4.16. The van der Waals surface area contributed by atoms with Gasteiger partial charge in [0.25, 0.3) is 0 Å². The lowest BCUT2D eigenvalue weighted by atomic mass is 10.1. The maximum Gasteiger partial charge on any atom is 0.0948 e. The van der Waals surface area contributed by atoms with Gasteiger partial charge in [-0.3, -0.25) is 0 Å². The third kappa shape index (κ3) is 4.87. The molecule has 1 aromatic rings. The third-order valence-corrected chi connectivity index (χ3v) is 3.95. The van der Waals surface area contributed by atoms with Crippen molar-refractivity contribution in [2.45, 2.75) is 25.0 Å². The quantitative estimate of drug-likeness (QED) is 0.831. The molecule has 1 unspecified atom stereocenters. The Kier molecular flexibility index (Phi) is 6.49. The van der Waals surface area contributed by atoms with Gasteiger partial charge in [0.15, 0.2) is 0 Å². The summed E-state index contributed by atoms with van der Waals surface area (Å²) >= 11 is 0. The Bertz CT molecular complexity index is 447. The molecular weight excluding hydrogens is 280 g/mol. The number of aliphatic hydroxyl groups is 1. The first kappa shape index (κ1) is 17.1. The number of ether oxygens (including phenoxy) is 2. The summed E-state index contributed by atoms with van der Waals surface area (Å²) in [6.45, 7) is 2.45. The Morgan fingerprint density at radius 1 is 1.18 bits per heavy atom. The predicted molar refractivity (Wildman–Crippen MR) is 89.8 cm³/mol. The van der Waals surface area contributed by atoms with Crippen molar-refractivity contribution < 1.29 is 14.6 Å². The van der Waals surface area contributed by atoms with Crippen LogP contribution < -0.4 is 9.80 Å². The Morgan fingerprint density at radius 2 is 1.82 bits per heavy atom. The predicted octanol–water partition coefficient (Wildman–Crippen LogP) is 1.75. The molecule has 0 amide bonds. The summed E-state index contributed by atoms with van der Waals surface area (Å²) in [6, 6.07) is 8.19. The van der Waals surface area contributed by atoms with Crippen LogP contribution in [0.2, 0.25) is 0 Å². The van der Waals surface area contributed by atoms with E-state index in [1.807, 2.05) is 33.3 Å². The molecule has 22 heavy (non-hydrogen) atoms. The number of rotatable bonds is 7. The topological polar surface area (TPSA) is 45.2 Å². The van der Waals surface area contributed by atoms with E-state index in [9.17, 15) is 5.11 Å². The van der Waals surface area contributed by atoms with E-state index in [2.05, 4.69) is 21.9 Å². The number of hydrogen-bond acceptors (Lipinski definition) is 5. The zero-order valence-corrected chi connectivity index (χ0v) is 13.9. The molecule has 1 heterocycles. The van der Waals surface area contributed by atoms with E-state index in [0.717, 1.165) is 37.4 Å². The fourth-order valence-corrected chi connectivity index (χ4v) is 2.72. The first-order valence-corrected chi connectivity index (χ1v) is 7.93.